The minimum Gasteiger partial charge on any atom is -0.454 e. The van der Waals surface area contributed by atoms with Crippen molar-refractivity contribution < 1.29 is 23.9 Å². The van der Waals surface area contributed by atoms with Gasteiger partial charge in [0.15, 0.2) is 6.61 Å². The Hall–Kier alpha value is -3.22. The maximum atomic E-state index is 12.4. The summed E-state index contributed by atoms with van der Waals surface area (Å²) in [5.74, 6) is -2.45. The van der Waals surface area contributed by atoms with Crippen LogP contribution in [0.15, 0.2) is 42.5 Å². The molecule has 2 aromatic rings. The number of rotatable bonds is 5. The van der Waals surface area contributed by atoms with Crippen LogP contribution in [0.1, 0.15) is 25.7 Å². The van der Waals surface area contributed by atoms with Gasteiger partial charge < -0.3 is 10.1 Å². The van der Waals surface area contributed by atoms with Crippen LogP contribution >= 0.6 is 0 Å². The smallest absolute Gasteiger partial charge is 0.326 e. The van der Waals surface area contributed by atoms with E-state index in [9.17, 15) is 19.2 Å². The molecule has 1 heterocycles. The Morgan fingerprint density at radius 2 is 1.62 bits per heavy atom. The van der Waals surface area contributed by atoms with Crippen LogP contribution in [0.2, 0.25) is 0 Å². The number of ether oxygens (including phenoxy) is 1. The second kappa shape index (κ2) is 8.03. The number of hydrogen-bond acceptors (Lipinski definition) is 5. The largest absolute Gasteiger partial charge is 0.454 e. The first kappa shape index (κ1) is 19.1. The average molecular weight is 394 g/mol. The highest BCUT2D eigenvalue weighted by Gasteiger charge is 2.48. The summed E-state index contributed by atoms with van der Waals surface area (Å²) >= 11 is 0. The average Bonchev–Trinajstić information content (AvgIpc) is 2.97. The highest BCUT2D eigenvalue weighted by Crippen LogP contribution is 2.37. The minimum atomic E-state index is -0.765. The van der Waals surface area contributed by atoms with Gasteiger partial charge in [0, 0.05) is 5.69 Å². The van der Waals surface area contributed by atoms with E-state index in [2.05, 4.69) is 5.32 Å². The Labute approximate surface area is 168 Å². The summed E-state index contributed by atoms with van der Waals surface area (Å²) in [6.45, 7) is -0.914. The highest BCUT2D eigenvalue weighted by atomic mass is 16.5. The number of benzene rings is 2. The topological polar surface area (TPSA) is 92.8 Å². The molecule has 1 saturated heterocycles. The molecule has 4 rings (SSSR count). The van der Waals surface area contributed by atoms with Gasteiger partial charge in [-0.25, -0.2) is 0 Å². The monoisotopic (exact) mass is 394 g/mol. The SMILES string of the molecule is O=C(COC(=O)CN1C(=O)[C@H]2CCCC[C@H]2C1=O)Nc1ccc2ccccc2c1. The highest BCUT2D eigenvalue weighted by molar-refractivity contribution is 6.07. The zero-order chi connectivity index (χ0) is 20.4. The Kier molecular flexibility index (Phi) is 5.29. The first-order valence-corrected chi connectivity index (χ1v) is 9.82. The molecule has 2 aromatic carbocycles. The van der Waals surface area contributed by atoms with Crippen LogP contribution in [0.3, 0.4) is 0 Å². The van der Waals surface area contributed by atoms with Crippen molar-refractivity contribution >= 4 is 40.2 Å². The molecule has 1 saturated carbocycles. The van der Waals surface area contributed by atoms with Crippen molar-refractivity contribution in [2.24, 2.45) is 11.8 Å². The molecule has 0 aromatic heterocycles. The van der Waals surface area contributed by atoms with Gasteiger partial charge in [0.1, 0.15) is 6.54 Å². The summed E-state index contributed by atoms with van der Waals surface area (Å²) < 4.78 is 4.98. The van der Waals surface area contributed by atoms with E-state index in [1.165, 1.54) is 0 Å². The number of hydrogen-bond donors (Lipinski definition) is 1. The van der Waals surface area contributed by atoms with Gasteiger partial charge in [-0.2, -0.15) is 0 Å². The van der Waals surface area contributed by atoms with E-state index in [-0.39, 0.29) is 23.7 Å². The molecule has 2 aliphatic rings. The number of carbonyl (C=O) groups is 4. The number of esters is 1. The van der Waals surface area contributed by atoms with Crippen molar-refractivity contribution in [1.82, 2.24) is 4.90 Å². The van der Waals surface area contributed by atoms with Gasteiger partial charge in [-0.1, -0.05) is 43.2 Å². The molecule has 2 fully saturated rings. The van der Waals surface area contributed by atoms with E-state index in [0.717, 1.165) is 28.5 Å². The maximum Gasteiger partial charge on any atom is 0.326 e. The zero-order valence-corrected chi connectivity index (χ0v) is 15.9. The van der Waals surface area contributed by atoms with Gasteiger partial charge in [0.25, 0.3) is 5.91 Å². The molecular weight excluding hydrogens is 372 g/mol. The Morgan fingerprint density at radius 3 is 2.31 bits per heavy atom. The fourth-order valence-electron chi connectivity index (χ4n) is 4.17. The van der Waals surface area contributed by atoms with Crippen molar-refractivity contribution in [3.63, 3.8) is 0 Å². The molecule has 0 bridgehead atoms. The fraction of sp³-hybridized carbons (Fsp3) is 0.364. The summed E-state index contributed by atoms with van der Waals surface area (Å²) in [7, 11) is 0. The number of imide groups is 1. The molecule has 0 radical (unpaired) electrons. The standard InChI is InChI=1S/C22H22N2O5/c25-19(23-16-10-9-14-5-1-2-6-15(14)11-16)13-29-20(26)12-24-21(27)17-7-3-4-8-18(17)22(24)28/h1-2,5-6,9-11,17-18H,3-4,7-8,12-13H2,(H,23,25)/t17-,18+. The number of nitrogens with one attached hydrogen (secondary N) is 1. The lowest BCUT2D eigenvalue weighted by Crippen LogP contribution is -2.37. The fourth-order valence-corrected chi connectivity index (χ4v) is 4.17. The molecule has 150 valence electrons. The maximum absolute atomic E-state index is 12.4. The van der Waals surface area contributed by atoms with E-state index in [1.807, 2.05) is 36.4 Å². The second-order valence-corrected chi connectivity index (χ2v) is 7.53. The Balaban J connectivity index is 1.29. The summed E-state index contributed by atoms with van der Waals surface area (Å²) in [5, 5.41) is 4.71. The van der Waals surface area contributed by atoms with Gasteiger partial charge in [-0.05, 0) is 35.7 Å². The third-order valence-electron chi connectivity index (χ3n) is 5.62. The third kappa shape index (κ3) is 3.99. The third-order valence-corrected chi connectivity index (χ3v) is 5.62. The van der Waals surface area contributed by atoms with Gasteiger partial charge in [0.2, 0.25) is 11.8 Å². The van der Waals surface area contributed by atoms with Crippen LogP contribution in [-0.2, 0) is 23.9 Å². The van der Waals surface area contributed by atoms with Crippen molar-refractivity contribution in [2.75, 3.05) is 18.5 Å². The molecule has 2 atom stereocenters. The molecule has 1 aliphatic heterocycles. The molecule has 29 heavy (non-hydrogen) atoms. The lowest BCUT2D eigenvalue weighted by molar-refractivity contribution is -0.154. The Morgan fingerprint density at radius 1 is 0.966 bits per heavy atom. The first-order chi connectivity index (χ1) is 14.0. The van der Waals surface area contributed by atoms with E-state index < -0.39 is 25.0 Å². The summed E-state index contributed by atoms with van der Waals surface area (Å²) in [5.41, 5.74) is 0.596. The number of amides is 3. The van der Waals surface area contributed by atoms with Crippen LogP contribution in [0.25, 0.3) is 10.8 Å². The molecular formula is C22H22N2O5. The van der Waals surface area contributed by atoms with Crippen LogP contribution < -0.4 is 5.32 Å². The molecule has 7 nitrogen and oxygen atoms in total. The quantitative estimate of drug-likeness (QED) is 0.621. The normalized spacial score (nSPS) is 21.2. The van der Waals surface area contributed by atoms with Crippen LogP contribution in [0.4, 0.5) is 5.69 Å². The molecule has 0 unspecified atom stereocenters. The molecule has 1 N–H and O–H groups in total. The Bertz CT molecular complexity index is 962. The molecule has 3 amide bonds. The van der Waals surface area contributed by atoms with Gasteiger partial charge in [-0.3, -0.25) is 24.1 Å². The van der Waals surface area contributed by atoms with E-state index in [1.54, 1.807) is 6.07 Å². The zero-order valence-electron chi connectivity index (χ0n) is 15.9. The van der Waals surface area contributed by atoms with Crippen LogP contribution in [-0.4, -0.2) is 41.7 Å². The lowest BCUT2D eigenvalue weighted by atomic mass is 9.81. The van der Waals surface area contributed by atoms with E-state index in [0.29, 0.717) is 18.5 Å². The minimum absolute atomic E-state index is 0.294. The summed E-state index contributed by atoms with van der Waals surface area (Å²) in [4.78, 5) is 49.9. The number of carbonyl (C=O) groups excluding carboxylic acids is 4. The predicted molar refractivity (Wildman–Crippen MR) is 106 cm³/mol. The molecule has 1 aliphatic carbocycles. The van der Waals surface area contributed by atoms with Crippen molar-refractivity contribution in [3.8, 4) is 0 Å². The number of likely N-dealkylation sites (tertiary alicyclic amines) is 1. The second-order valence-electron chi connectivity index (χ2n) is 7.53. The van der Waals surface area contributed by atoms with Gasteiger partial charge in [0.05, 0.1) is 11.8 Å². The van der Waals surface area contributed by atoms with Gasteiger partial charge >= 0.3 is 5.97 Å². The number of fused-ring (bicyclic) bond motifs is 2. The first-order valence-electron chi connectivity index (χ1n) is 9.82. The van der Waals surface area contributed by atoms with Crippen molar-refractivity contribution in [1.29, 1.82) is 0 Å². The molecule has 7 heteroatoms. The number of nitrogens with zero attached hydrogens (tertiary/aromatic N) is 1. The van der Waals surface area contributed by atoms with E-state index in [4.69, 9.17) is 4.74 Å². The van der Waals surface area contributed by atoms with Crippen LogP contribution in [0.5, 0.6) is 0 Å². The van der Waals surface area contributed by atoms with Crippen LogP contribution in [0, 0.1) is 11.8 Å². The van der Waals surface area contributed by atoms with Gasteiger partial charge in [-0.15, -0.1) is 0 Å². The number of anilines is 1. The van der Waals surface area contributed by atoms with Crippen molar-refractivity contribution in [2.45, 2.75) is 25.7 Å². The van der Waals surface area contributed by atoms with Crippen molar-refractivity contribution in [3.05, 3.63) is 42.5 Å². The molecule has 0 spiro atoms. The van der Waals surface area contributed by atoms with E-state index >= 15 is 0 Å². The predicted octanol–water partition coefficient (Wildman–Crippen LogP) is 2.50. The summed E-state index contributed by atoms with van der Waals surface area (Å²) in [6, 6.07) is 13.2. The summed E-state index contributed by atoms with van der Waals surface area (Å²) in [6.07, 6.45) is 3.23. The lowest BCUT2D eigenvalue weighted by Gasteiger charge is -2.19.